The van der Waals surface area contributed by atoms with Crippen LogP contribution in [-0.4, -0.2) is 58.8 Å². The first-order valence-corrected chi connectivity index (χ1v) is 9.19. The Hall–Kier alpha value is -1.67. The molecule has 118 valence electrons. The van der Waals surface area contributed by atoms with Gasteiger partial charge in [0.15, 0.2) is 5.82 Å². The second-order valence-electron chi connectivity index (χ2n) is 5.90. The minimum atomic E-state index is -3.08. The van der Waals surface area contributed by atoms with Crippen LogP contribution in [0, 0.1) is 0 Å². The van der Waals surface area contributed by atoms with Crippen molar-refractivity contribution in [3.8, 4) is 0 Å². The van der Waals surface area contributed by atoms with Crippen molar-refractivity contribution in [2.45, 2.75) is 24.5 Å². The van der Waals surface area contributed by atoms with Crippen LogP contribution in [0.15, 0.2) is 24.7 Å². The molecule has 8 heteroatoms. The van der Waals surface area contributed by atoms with Gasteiger partial charge in [0.1, 0.15) is 5.52 Å². The highest BCUT2D eigenvalue weighted by atomic mass is 32.2. The van der Waals surface area contributed by atoms with E-state index in [1.54, 1.807) is 21.2 Å². The zero-order chi connectivity index (χ0) is 15.2. The molecule has 3 heterocycles. The summed E-state index contributed by atoms with van der Waals surface area (Å²) in [5.74, 6) is 0.880. The molecule has 4 rings (SSSR count). The van der Waals surface area contributed by atoms with Gasteiger partial charge in [0, 0.05) is 38.6 Å². The molecule has 0 amide bonds. The zero-order valence-corrected chi connectivity index (χ0v) is 13.1. The fourth-order valence-electron chi connectivity index (χ4n) is 3.02. The molecule has 0 aromatic carbocycles. The van der Waals surface area contributed by atoms with E-state index in [1.165, 1.54) is 0 Å². The van der Waals surface area contributed by atoms with Crippen molar-refractivity contribution in [1.29, 1.82) is 0 Å². The van der Waals surface area contributed by atoms with Crippen LogP contribution >= 0.6 is 0 Å². The van der Waals surface area contributed by atoms with Crippen LogP contribution in [0.25, 0.3) is 5.52 Å². The number of nitrogens with zero attached hydrogens (tertiary/aromatic N) is 5. The first kappa shape index (κ1) is 14.0. The van der Waals surface area contributed by atoms with Crippen molar-refractivity contribution >= 4 is 21.4 Å². The minimum absolute atomic E-state index is 0.129. The second kappa shape index (κ2) is 5.20. The van der Waals surface area contributed by atoms with E-state index < -0.39 is 10.0 Å². The molecule has 2 aromatic heterocycles. The number of hydrogen-bond acceptors (Lipinski definition) is 5. The molecule has 22 heavy (non-hydrogen) atoms. The van der Waals surface area contributed by atoms with Gasteiger partial charge < -0.3 is 4.90 Å². The Bertz CT molecular complexity index is 783. The van der Waals surface area contributed by atoms with Gasteiger partial charge in [-0.15, -0.1) is 0 Å². The van der Waals surface area contributed by atoms with E-state index in [0.29, 0.717) is 19.6 Å². The van der Waals surface area contributed by atoms with Crippen LogP contribution < -0.4 is 4.90 Å². The van der Waals surface area contributed by atoms with Crippen LogP contribution in [0.2, 0.25) is 0 Å². The Morgan fingerprint density at radius 1 is 1.09 bits per heavy atom. The van der Waals surface area contributed by atoms with Gasteiger partial charge in [-0.1, -0.05) is 0 Å². The molecule has 2 fully saturated rings. The maximum Gasteiger partial charge on any atom is 0.217 e. The summed E-state index contributed by atoms with van der Waals surface area (Å²) in [7, 11) is -3.08. The quantitative estimate of drug-likeness (QED) is 0.833. The van der Waals surface area contributed by atoms with E-state index >= 15 is 0 Å². The molecule has 2 aliphatic rings. The number of hydrogen-bond donors (Lipinski definition) is 0. The van der Waals surface area contributed by atoms with Gasteiger partial charge >= 0.3 is 0 Å². The highest BCUT2D eigenvalue weighted by Crippen LogP contribution is 2.31. The van der Waals surface area contributed by atoms with E-state index in [0.717, 1.165) is 37.1 Å². The van der Waals surface area contributed by atoms with Crippen molar-refractivity contribution in [2.75, 3.05) is 31.1 Å². The maximum atomic E-state index is 12.4. The highest BCUT2D eigenvalue weighted by molar-refractivity contribution is 7.90. The Balaban J connectivity index is 1.57. The molecule has 2 aromatic rings. The van der Waals surface area contributed by atoms with Crippen LogP contribution in [0.4, 0.5) is 5.82 Å². The Morgan fingerprint density at radius 3 is 2.77 bits per heavy atom. The molecule has 1 aliphatic heterocycles. The molecule has 1 aliphatic carbocycles. The molecule has 0 N–H and O–H groups in total. The topological polar surface area (TPSA) is 70.8 Å². The van der Waals surface area contributed by atoms with E-state index in [-0.39, 0.29) is 5.25 Å². The SMILES string of the molecule is O=S(=O)(C1CC1)N1CCCN(c2nccn3nccc23)CC1. The van der Waals surface area contributed by atoms with Gasteiger partial charge in [-0.05, 0) is 25.3 Å². The molecule has 0 unspecified atom stereocenters. The van der Waals surface area contributed by atoms with Crippen LogP contribution in [0.5, 0.6) is 0 Å². The van der Waals surface area contributed by atoms with Crippen molar-refractivity contribution in [3.05, 3.63) is 24.7 Å². The monoisotopic (exact) mass is 321 g/mol. The van der Waals surface area contributed by atoms with Crippen LogP contribution in [-0.2, 0) is 10.0 Å². The molecular weight excluding hydrogens is 302 g/mol. The molecule has 0 radical (unpaired) electrons. The zero-order valence-electron chi connectivity index (χ0n) is 12.3. The van der Waals surface area contributed by atoms with Crippen molar-refractivity contribution in [1.82, 2.24) is 18.9 Å². The lowest BCUT2D eigenvalue weighted by Crippen LogP contribution is -2.37. The van der Waals surface area contributed by atoms with E-state index in [9.17, 15) is 8.42 Å². The third-order valence-corrected chi connectivity index (χ3v) is 6.76. The molecule has 0 atom stereocenters. The number of rotatable bonds is 3. The number of anilines is 1. The van der Waals surface area contributed by atoms with Crippen LogP contribution in [0.3, 0.4) is 0 Å². The number of aromatic nitrogens is 3. The third kappa shape index (κ3) is 2.36. The first-order chi connectivity index (χ1) is 10.7. The van der Waals surface area contributed by atoms with Gasteiger partial charge in [-0.25, -0.2) is 17.9 Å². The second-order valence-corrected chi connectivity index (χ2v) is 8.11. The lowest BCUT2D eigenvalue weighted by atomic mass is 10.3. The average molecular weight is 321 g/mol. The summed E-state index contributed by atoms with van der Waals surface area (Å²) >= 11 is 0. The summed E-state index contributed by atoms with van der Waals surface area (Å²) < 4.78 is 28.3. The van der Waals surface area contributed by atoms with Crippen LogP contribution in [0.1, 0.15) is 19.3 Å². The van der Waals surface area contributed by atoms with Crippen molar-refractivity contribution in [3.63, 3.8) is 0 Å². The summed E-state index contributed by atoms with van der Waals surface area (Å²) in [5, 5.41) is 4.10. The highest BCUT2D eigenvalue weighted by Gasteiger charge is 2.40. The smallest absolute Gasteiger partial charge is 0.217 e. The summed E-state index contributed by atoms with van der Waals surface area (Å²) in [4.78, 5) is 6.64. The standard InChI is InChI=1S/C14H19N5O2S/c20-22(21,12-2-3-12)18-8-1-7-17(10-11-18)14-13-4-5-16-19(13)9-6-15-14/h4-6,9,12H,1-3,7-8,10-11H2. The van der Waals surface area contributed by atoms with Gasteiger partial charge in [0.25, 0.3) is 0 Å². The summed E-state index contributed by atoms with van der Waals surface area (Å²) in [6.45, 7) is 2.63. The third-order valence-electron chi connectivity index (χ3n) is 4.36. The van der Waals surface area contributed by atoms with Crippen molar-refractivity contribution < 1.29 is 8.42 Å². The maximum absolute atomic E-state index is 12.4. The summed E-state index contributed by atoms with van der Waals surface area (Å²) in [6.07, 6.45) is 7.77. The molecule has 1 saturated heterocycles. The minimum Gasteiger partial charge on any atom is -0.353 e. The van der Waals surface area contributed by atoms with E-state index in [1.807, 2.05) is 12.3 Å². The fourth-order valence-corrected chi connectivity index (χ4v) is 4.90. The van der Waals surface area contributed by atoms with E-state index in [2.05, 4.69) is 15.0 Å². The van der Waals surface area contributed by atoms with Gasteiger partial charge in [0.05, 0.1) is 11.4 Å². The van der Waals surface area contributed by atoms with Gasteiger partial charge in [-0.3, -0.25) is 0 Å². The van der Waals surface area contributed by atoms with Crippen molar-refractivity contribution in [2.24, 2.45) is 0 Å². The molecular formula is C14H19N5O2S. The molecule has 7 nitrogen and oxygen atoms in total. The predicted molar refractivity (Wildman–Crippen MR) is 83.3 cm³/mol. The predicted octanol–water partition coefficient (Wildman–Crippen LogP) is 0.734. The molecule has 0 bridgehead atoms. The lowest BCUT2D eigenvalue weighted by Gasteiger charge is -2.23. The number of sulfonamides is 1. The first-order valence-electron chi connectivity index (χ1n) is 7.68. The van der Waals surface area contributed by atoms with E-state index in [4.69, 9.17) is 0 Å². The van der Waals surface area contributed by atoms with Gasteiger partial charge in [0.2, 0.25) is 10.0 Å². The Labute approximate surface area is 129 Å². The Morgan fingerprint density at radius 2 is 1.95 bits per heavy atom. The average Bonchev–Trinajstić information content (AvgIpc) is 3.30. The normalized spacial score (nSPS) is 21.2. The fraction of sp³-hybridized carbons (Fsp3) is 0.571. The summed E-state index contributed by atoms with van der Waals surface area (Å²) in [6, 6.07) is 1.94. The summed E-state index contributed by atoms with van der Waals surface area (Å²) in [5.41, 5.74) is 0.959. The Kier molecular flexibility index (Phi) is 3.30. The van der Waals surface area contributed by atoms with Gasteiger partial charge in [-0.2, -0.15) is 9.40 Å². The largest absolute Gasteiger partial charge is 0.353 e. The lowest BCUT2D eigenvalue weighted by molar-refractivity contribution is 0.432. The number of fused-ring (bicyclic) bond motifs is 1. The molecule has 1 saturated carbocycles. The molecule has 0 spiro atoms.